The summed E-state index contributed by atoms with van der Waals surface area (Å²) in [6.07, 6.45) is 11.3. The summed E-state index contributed by atoms with van der Waals surface area (Å²) in [5.41, 5.74) is 0.774. The second-order valence-electron chi connectivity index (χ2n) is 11.2. The van der Waals surface area contributed by atoms with E-state index < -0.39 is 0 Å². The number of carbonyl (C=O) groups is 1. The van der Waals surface area contributed by atoms with Crippen LogP contribution < -0.4 is 0 Å². The largest absolute Gasteiger partial charge is 0.372 e. The summed E-state index contributed by atoms with van der Waals surface area (Å²) in [6.45, 7) is 11.7. The Labute approximate surface area is 154 Å². The number of rotatable bonds is 1. The lowest BCUT2D eigenvalue weighted by molar-refractivity contribution is -0.159. The van der Waals surface area contributed by atoms with Crippen molar-refractivity contribution in [1.82, 2.24) is 0 Å². The third kappa shape index (κ3) is 2.82. The van der Waals surface area contributed by atoms with Crippen LogP contribution in [0.2, 0.25) is 0 Å². The van der Waals surface area contributed by atoms with Crippen LogP contribution in [0.4, 0.5) is 0 Å². The summed E-state index contributed by atoms with van der Waals surface area (Å²) < 4.78 is 6.55. The van der Waals surface area contributed by atoms with E-state index in [-0.39, 0.29) is 5.60 Å². The first kappa shape index (κ1) is 18.0. The van der Waals surface area contributed by atoms with Gasteiger partial charge in [-0.1, -0.05) is 13.8 Å². The second-order valence-corrected chi connectivity index (χ2v) is 11.2. The molecule has 4 aliphatic rings. The monoisotopic (exact) mass is 346 g/mol. The van der Waals surface area contributed by atoms with Crippen LogP contribution in [0.1, 0.15) is 92.4 Å². The van der Waals surface area contributed by atoms with Crippen molar-refractivity contribution in [2.75, 3.05) is 0 Å². The minimum atomic E-state index is -0.0349. The van der Waals surface area contributed by atoms with Crippen LogP contribution in [0.15, 0.2) is 0 Å². The molecule has 4 saturated carbocycles. The van der Waals surface area contributed by atoms with Crippen LogP contribution in [-0.2, 0) is 9.53 Å². The zero-order valence-electron chi connectivity index (χ0n) is 17.1. The fourth-order valence-electron chi connectivity index (χ4n) is 7.62. The molecule has 142 valence electrons. The van der Waals surface area contributed by atoms with Crippen molar-refractivity contribution in [2.24, 2.45) is 34.5 Å². The van der Waals surface area contributed by atoms with Crippen LogP contribution >= 0.6 is 0 Å². The van der Waals surface area contributed by atoms with Gasteiger partial charge in [0, 0.05) is 12.8 Å². The molecular weight excluding hydrogens is 308 g/mol. The first-order valence-electron chi connectivity index (χ1n) is 10.8. The Kier molecular flexibility index (Phi) is 4.19. The molecule has 5 unspecified atom stereocenters. The van der Waals surface area contributed by atoms with E-state index in [1.54, 1.807) is 0 Å². The van der Waals surface area contributed by atoms with Gasteiger partial charge in [-0.25, -0.2) is 0 Å². The normalized spacial score (nSPS) is 50.1. The van der Waals surface area contributed by atoms with E-state index in [1.807, 2.05) is 0 Å². The van der Waals surface area contributed by atoms with Crippen LogP contribution in [0.5, 0.6) is 0 Å². The number of Topliss-reactive ketones (excluding diaryl/α,β-unsaturated/α-hetero) is 1. The molecule has 4 fully saturated rings. The number of hydrogen-bond donors (Lipinski definition) is 0. The van der Waals surface area contributed by atoms with E-state index in [0.29, 0.717) is 28.6 Å². The van der Waals surface area contributed by atoms with Crippen molar-refractivity contribution in [1.29, 1.82) is 0 Å². The molecule has 0 heterocycles. The molecule has 4 aliphatic carbocycles. The first-order valence-corrected chi connectivity index (χ1v) is 10.8. The molecule has 0 aromatic carbocycles. The maximum absolute atomic E-state index is 12.0. The molecule has 0 aromatic rings. The summed E-state index contributed by atoms with van der Waals surface area (Å²) in [6, 6.07) is 0. The van der Waals surface area contributed by atoms with Gasteiger partial charge in [0.1, 0.15) is 5.78 Å². The lowest BCUT2D eigenvalue weighted by atomic mass is 9.45. The Morgan fingerprint density at radius 3 is 2.36 bits per heavy atom. The van der Waals surface area contributed by atoms with Crippen molar-refractivity contribution >= 4 is 5.78 Å². The number of ether oxygens (including phenoxy) is 1. The molecule has 0 radical (unpaired) electrons. The van der Waals surface area contributed by atoms with Gasteiger partial charge in [-0.15, -0.1) is 0 Å². The minimum absolute atomic E-state index is 0.0349. The van der Waals surface area contributed by atoms with E-state index in [9.17, 15) is 4.79 Å². The van der Waals surface area contributed by atoms with Crippen molar-refractivity contribution in [3.63, 3.8) is 0 Å². The molecule has 0 amide bonds. The van der Waals surface area contributed by atoms with Gasteiger partial charge in [0.2, 0.25) is 0 Å². The number of hydrogen-bond acceptors (Lipinski definition) is 2. The smallest absolute Gasteiger partial charge is 0.133 e. The van der Waals surface area contributed by atoms with Gasteiger partial charge >= 0.3 is 0 Å². The van der Waals surface area contributed by atoms with Gasteiger partial charge in [0.15, 0.2) is 0 Å². The topological polar surface area (TPSA) is 26.3 Å². The molecular formula is C23H38O2. The van der Waals surface area contributed by atoms with Gasteiger partial charge in [-0.3, -0.25) is 4.79 Å². The third-order valence-electron chi connectivity index (χ3n) is 8.89. The average Bonchev–Trinajstić information content (AvgIpc) is 2.83. The van der Waals surface area contributed by atoms with Crippen LogP contribution in [0, 0.1) is 34.5 Å². The maximum Gasteiger partial charge on any atom is 0.133 e. The van der Waals surface area contributed by atoms with E-state index >= 15 is 0 Å². The third-order valence-corrected chi connectivity index (χ3v) is 8.89. The molecule has 7 atom stereocenters. The standard InChI is InChI=1S/C23H38O2/c1-21(2,3)25-20-9-8-18-17-7-6-15-14-16(24)10-12-22(15,4)19(17)11-13-23(18,20)5/h15,17-20H,6-14H2,1-5H3/t15?,17?,18-,19-,20?,22?,23?/m0/s1. The summed E-state index contributed by atoms with van der Waals surface area (Å²) in [7, 11) is 0. The molecule has 2 heteroatoms. The van der Waals surface area contributed by atoms with E-state index in [4.69, 9.17) is 4.74 Å². The maximum atomic E-state index is 12.0. The van der Waals surface area contributed by atoms with Gasteiger partial charge in [0.25, 0.3) is 0 Å². The Morgan fingerprint density at radius 1 is 0.920 bits per heavy atom. The van der Waals surface area contributed by atoms with Gasteiger partial charge < -0.3 is 4.74 Å². The Morgan fingerprint density at radius 2 is 1.64 bits per heavy atom. The van der Waals surface area contributed by atoms with Crippen LogP contribution in [0.3, 0.4) is 0 Å². The van der Waals surface area contributed by atoms with Gasteiger partial charge in [0.05, 0.1) is 11.7 Å². The average molecular weight is 347 g/mol. The SMILES string of the molecule is CC(C)(C)OC1CC[C@H]2C3CCC4CC(=O)CCC4(C)[C@H]3CCC12C. The number of carbonyl (C=O) groups excluding carboxylic acids is 1. The Hall–Kier alpha value is -0.370. The lowest BCUT2D eigenvalue weighted by Gasteiger charge is -2.60. The molecule has 4 rings (SSSR count). The number of ketones is 1. The zero-order chi connectivity index (χ0) is 18.0. The number of fused-ring (bicyclic) bond motifs is 5. The quantitative estimate of drug-likeness (QED) is 0.601. The van der Waals surface area contributed by atoms with Crippen molar-refractivity contribution < 1.29 is 9.53 Å². The molecule has 0 N–H and O–H groups in total. The van der Waals surface area contributed by atoms with Crippen LogP contribution in [0.25, 0.3) is 0 Å². The second kappa shape index (κ2) is 5.81. The fourth-order valence-corrected chi connectivity index (χ4v) is 7.62. The summed E-state index contributed by atoms with van der Waals surface area (Å²) in [5.74, 6) is 3.77. The van der Waals surface area contributed by atoms with E-state index in [2.05, 4.69) is 34.6 Å². The summed E-state index contributed by atoms with van der Waals surface area (Å²) in [4.78, 5) is 12.0. The molecule has 0 bridgehead atoms. The Balaban J connectivity index is 1.57. The zero-order valence-corrected chi connectivity index (χ0v) is 17.1. The molecule has 0 aromatic heterocycles. The van der Waals surface area contributed by atoms with Crippen molar-refractivity contribution in [3.05, 3.63) is 0 Å². The molecule has 0 spiro atoms. The molecule has 25 heavy (non-hydrogen) atoms. The molecule has 0 saturated heterocycles. The predicted molar refractivity (Wildman–Crippen MR) is 101 cm³/mol. The van der Waals surface area contributed by atoms with Crippen LogP contribution in [-0.4, -0.2) is 17.5 Å². The lowest BCUT2D eigenvalue weighted by Crippen LogP contribution is -2.54. The highest BCUT2D eigenvalue weighted by Gasteiger charge is 2.60. The predicted octanol–water partition coefficient (Wildman–Crippen LogP) is 5.78. The highest BCUT2D eigenvalue weighted by atomic mass is 16.5. The van der Waals surface area contributed by atoms with E-state index in [1.165, 1.54) is 38.5 Å². The van der Waals surface area contributed by atoms with Gasteiger partial charge in [-0.05, 0) is 100 Å². The highest BCUT2D eigenvalue weighted by Crippen LogP contribution is 2.66. The highest BCUT2D eigenvalue weighted by molar-refractivity contribution is 5.79. The van der Waals surface area contributed by atoms with Crippen molar-refractivity contribution in [3.8, 4) is 0 Å². The minimum Gasteiger partial charge on any atom is -0.372 e. The van der Waals surface area contributed by atoms with Gasteiger partial charge in [-0.2, -0.15) is 0 Å². The van der Waals surface area contributed by atoms with E-state index in [0.717, 1.165) is 37.0 Å². The molecule has 0 aliphatic heterocycles. The Bertz CT molecular complexity index is 547. The summed E-state index contributed by atoms with van der Waals surface area (Å²) in [5, 5.41) is 0. The van der Waals surface area contributed by atoms with Crippen molar-refractivity contribution in [2.45, 2.75) is 104 Å². The fraction of sp³-hybridized carbons (Fsp3) is 0.957. The molecule has 2 nitrogen and oxygen atoms in total. The first-order chi connectivity index (χ1) is 11.6. The summed E-state index contributed by atoms with van der Waals surface area (Å²) >= 11 is 0.